The van der Waals surface area contributed by atoms with Gasteiger partial charge in [0.15, 0.2) is 0 Å². The molecule has 26 heavy (non-hydrogen) atoms. The summed E-state index contributed by atoms with van der Waals surface area (Å²) in [5.41, 5.74) is 0.897. The molecule has 2 aliphatic heterocycles. The van der Waals surface area contributed by atoms with E-state index in [0.29, 0.717) is 6.61 Å². The third-order valence-corrected chi connectivity index (χ3v) is 5.60. The highest BCUT2D eigenvalue weighted by molar-refractivity contribution is 5.51. The van der Waals surface area contributed by atoms with E-state index in [4.69, 9.17) is 4.74 Å². The fourth-order valence-corrected chi connectivity index (χ4v) is 4.11. The zero-order chi connectivity index (χ0) is 18.0. The van der Waals surface area contributed by atoms with E-state index in [2.05, 4.69) is 63.9 Å². The van der Waals surface area contributed by atoms with Crippen LogP contribution in [-0.2, 0) is 10.3 Å². The van der Waals surface area contributed by atoms with Crippen LogP contribution in [0.25, 0.3) is 0 Å². The van der Waals surface area contributed by atoms with E-state index in [9.17, 15) is 0 Å². The van der Waals surface area contributed by atoms with Gasteiger partial charge in [0.25, 0.3) is 0 Å². The number of anilines is 2. The molecule has 0 radical (unpaired) electrons. The number of benzene rings is 1. The normalized spacial score (nSPS) is 26.8. The Morgan fingerprint density at radius 3 is 2.62 bits per heavy atom. The lowest BCUT2D eigenvalue weighted by atomic mass is 9.94. The molecule has 2 atom stereocenters. The maximum absolute atomic E-state index is 6.17. The second-order valence-corrected chi connectivity index (χ2v) is 7.79. The lowest BCUT2D eigenvalue weighted by molar-refractivity contribution is -0.0468. The summed E-state index contributed by atoms with van der Waals surface area (Å²) in [5, 5.41) is 0. The summed E-state index contributed by atoms with van der Waals surface area (Å²) < 4.78 is 6.17. The number of aromatic nitrogens is 2. The number of piperidine rings is 1. The van der Waals surface area contributed by atoms with Crippen molar-refractivity contribution in [1.29, 1.82) is 0 Å². The molecule has 138 valence electrons. The van der Waals surface area contributed by atoms with Crippen molar-refractivity contribution in [2.24, 2.45) is 5.92 Å². The topological polar surface area (TPSA) is 41.5 Å². The standard InChI is InChI=1S/C21H28N4O/c1-17-7-6-10-24(14-17)19-13-20(23-16-22-19)25-11-12-26-21(2,15-25)18-8-4-3-5-9-18/h3-5,8-9,13,16-17H,6-7,10-12,14-15H2,1-2H3. The monoisotopic (exact) mass is 352 g/mol. The first-order valence-electron chi connectivity index (χ1n) is 9.65. The molecule has 2 aliphatic rings. The van der Waals surface area contributed by atoms with Gasteiger partial charge in [0, 0.05) is 25.7 Å². The van der Waals surface area contributed by atoms with Crippen LogP contribution >= 0.6 is 0 Å². The Hall–Kier alpha value is -2.14. The molecule has 4 rings (SSSR count). The summed E-state index contributed by atoms with van der Waals surface area (Å²) in [6, 6.07) is 12.6. The minimum Gasteiger partial charge on any atom is -0.367 e. The van der Waals surface area contributed by atoms with Crippen LogP contribution in [0.15, 0.2) is 42.7 Å². The van der Waals surface area contributed by atoms with E-state index in [0.717, 1.165) is 43.7 Å². The Morgan fingerprint density at radius 2 is 1.85 bits per heavy atom. The van der Waals surface area contributed by atoms with Gasteiger partial charge < -0.3 is 14.5 Å². The zero-order valence-corrected chi connectivity index (χ0v) is 15.8. The molecule has 1 aromatic heterocycles. The zero-order valence-electron chi connectivity index (χ0n) is 15.8. The SMILES string of the molecule is CC1CCCN(c2cc(N3CCOC(C)(c4ccccc4)C3)ncn2)C1. The van der Waals surface area contributed by atoms with E-state index >= 15 is 0 Å². The maximum Gasteiger partial charge on any atom is 0.134 e. The highest BCUT2D eigenvalue weighted by Gasteiger charge is 2.34. The molecule has 2 fully saturated rings. The highest BCUT2D eigenvalue weighted by atomic mass is 16.5. The molecule has 5 nitrogen and oxygen atoms in total. The second-order valence-electron chi connectivity index (χ2n) is 7.79. The molecule has 0 N–H and O–H groups in total. The highest BCUT2D eigenvalue weighted by Crippen LogP contribution is 2.32. The molecular formula is C21H28N4O. The predicted octanol–water partition coefficient (Wildman–Crippen LogP) is 3.46. The van der Waals surface area contributed by atoms with Crippen molar-refractivity contribution < 1.29 is 4.74 Å². The molecule has 0 amide bonds. The van der Waals surface area contributed by atoms with Gasteiger partial charge >= 0.3 is 0 Å². The molecule has 3 heterocycles. The van der Waals surface area contributed by atoms with E-state index < -0.39 is 0 Å². The minimum absolute atomic E-state index is 0.315. The van der Waals surface area contributed by atoms with Crippen molar-refractivity contribution in [2.45, 2.75) is 32.3 Å². The average molecular weight is 352 g/mol. The Balaban J connectivity index is 1.55. The van der Waals surface area contributed by atoms with Crippen molar-refractivity contribution in [1.82, 2.24) is 9.97 Å². The third kappa shape index (κ3) is 3.54. The predicted molar refractivity (Wildman–Crippen MR) is 105 cm³/mol. The van der Waals surface area contributed by atoms with Gasteiger partial charge in [-0.2, -0.15) is 0 Å². The summed E-state index contributed by atoms with van der Waals surface area (Å²) in [6.45, 7) is 9.02. The van der Waals surface area contributed by atoms with Crippen LogP contribution in [0, 0.1) is 5.92 Å². The van der Waals surface area contributed by atoms with Gasteiger partial charge in [-0.25, -0.2) is 9.97 Å². The van der Waals surface area contributed by atoms with Gasteiger partial charge in [-0.1, -0.05) is 37.3 Å². The third-order valence-electron chi connectivity index (χ3n) is 5.60. The van der Waals surface area contributed by atoms with E-state index in [1.54, 1.807) is 6.33 Å². The molecule has 2 saturated heterocycles. The van der Waals surface area contributed by atoms with Crippen molar-refractivity contribution in [3.8, 4) is 0 Å². The summed E-state index contributed by atoms with van der Waals surface area (Å²) >= 11 is 0. The second kappa shape index (κ2) is 7.23. The van der Waals surface area contributed by atoms with Crippen LogP contribution in [0.4, 0.5) is 11.6 Å². The summed E-state index contributed by atoms with van der Waals surface area (Å²) in [4.78, 5) is 13.8. The lowest BCUT2D eigenvalue weighted by Crippen LogP contribution is -2.48. The van der Waals surface area contributed by atoms with Crippen LogP contribution in [0.1, 0.15) is 32.3 Å². The summed E-state index contributed by atoms with van der Waals surface area (Å²) in [6.07, 6.45) is 4.26. The molecule has 1 aromatic carbocycles. The number of hydrogen-bond acceptors (Lipinski definition) is 5. The first kappa shape index (κ1) is 17.3. The van der Waals surface area contributed by atoms with Crippen molar-refractivity contribution in [3.63, 3.8) is 0 Å². The van der Waals surface area contributed by atoms with Gasteiger partial charge in [0.1, 0.15) is 23.6 Å². The van der Waals surface area contributed by atoms with Crippen molar-refractivity contribution >= 4 is 11.6 Å². The Bertz CT molecular complexity index is 738. The van der Waals surface area contributed by atoms with Crippen molar-refractivity contribution in [2.75, 3.05) is 42.6 Å². The molecule has 2 aromatic rings. The minimum atomic E-state index is -0.315. The van der Waals surface area contributed by atoms with Gasteiger partial charge in [-0.05, 0) is 31.2 Å². The summed E-state index contributed by atoms with van der Waals surface area (Å²) in [5.74, 6) is 2.78. The van der Waals surface area contributed by atoms with Gasteiger partial charge in [-0.15, -0.1) is 0 Å². The van der Waals surface area contributed by atoms with Gasteiger partial charge in [0.2, 0.25) is 0 Å². The first-order valence-corrected chi connectivity index (χ1v) is 9.65. The summed E-state index contributed by atoms with van der Waals surface area (Å²) in [7, 11) is 0. The number of hydrogen-bond donors (Lipinski definition) is 0. The molecule has 0 saturated carbocycles. The van der Waals surface area contributed by atoms with Crippen LogP contribution in [-0.4, -0.2) is 42.8 Å². The smallest absolute Gasteiger partial charge is 0.134 e. The number of morpholine rings is 1. The van der Waals surface area contributed by atoms with Crippen LogP contribution < -0.4 is 9.80 Å². The first-order chi connectivity index (χ1) is 12.6. The largest absolute Gasteiger partial charge is 0.367 e. The average Bonchev–Trinajstić information content (AvgIpc) is 2.69. The van der Waals surface area contributed by atoms with E-state index in [1.165, 1.54) is 18.4 Å². The Morgan fingerprint density at radius 1 is 1.08 bits per heavy atom. The molecule has 0 bridgehead atoms. The van der Waals surface area contributed by atoms with Gasteiger partial charge in [0.05, 0.1) is 13.2 Å². The lowest BCUT2D eigenvalue weighted by Gasteiger charge is -2.41. The Kier molecular flexibility index (Phi) is 4.81. The Labute approximate surface area is 156 Å². The maximum atomic E-state index is 6.17. The van der Waals surface area contributed by atoms with E-state index in [-0.39, 0.29) is 5.60 Å². The molecular weight excluding hydrogens is 324 g/mol. The molecule has 5 heteroatoms. The van der Waals surface area contributed by atoms with Crippen LogP contribution in [0.5, 0.6) is 0 Å². The number of rotatable bonds is 3. The van der Waals surface area contributed by atoms with Crippen LogP contribution in [0.2, 0.25) is 0 Å². The molecule has 0 aliphatic carbocycles. The molecule has 2 unspecified atom stereocenters. The fraction of sp³-hybridized carbons (Fsp3) is 0.524. The number of nitrogens with zero attached hydrogens (tertiary/aromatic N) is 4. The van der Waals surface area contributed by atoms with Crippen molar-refractivity contribution in [3.05, 3.63) is 48.3 Å². The number of ether oxygens (including phenoxy) is 1. The van der Waals surface area contributed by atoms with E-state index in [1.807, 2.05) is 6.07 Å². The molecule has 0 spiro atoms. The fourth-order valence-electron chi connectivity index (χ4n) is 4.11. The van der Waals surface area contributed by atoms with Gasteiger partial charge in [-0.3, -0.25) is 0 Å². The van der Waals surface area contributed by atoms with Crippen LogP contribution in [0.3, 0.4) is 0 Å². The quantitative estimate of drug-likeness (QED) is 0.846.